The molecule has 72 valence electrons. The van der Waals surface area contributed by atoms with E-state index in [0.717, 1.165) is 6.42 Å². The Hall–Kier alpha value is -0.250. The number of hydrogen-bond donors (Lipinski definition) is 0. The van der Waals surface area contributed by atoms with Gasteiger partial charge in [-0.1, -0.05) is 35.6 Å². The molecule has 1 atom stereocenters. The quantitative estimate of drug-likeness (QED) is 0.741. The SMILES string of the molecule is C[C@H](/C=C/I)CCCc1ccoc1. The lowest BCUT2D eigenvalue weighted by atomic mass is 10.0. The normalized spacial score (nSPS) is 13.7. The molecule has 1 aromatic rings. The summed E-state index contributed by atoms with van der Waals surface area (Å²) in [6.45, 7) is 2.25. The summed E-state index contributed by atoms with van der Waals surface area (Å²) in [5.41, 5.74) is 1.31. The van der Waals surface area contributed by atoms with Crippen LogP contribution in [0.4, 0.5) is 0 Å². The van der Waals surface area contributed by atoms with E-state index < -0.39 is 0 Å². The molecule has 0 aromatic carbocycles. The predicted octanol–water partition coefficient (Wildman–Crippen LogP) is 4.19. The van der Waals surface area contributed by atoms with E-state index in [4.69, 9.17) is 4.42 Å². The molecule has 0 radical (unpaired) electrons. The van der Waals surface area contributed by atoms with Crippen molar-refractivity contribution in [3.8, 4) is 0 Å². The topological polar surface area (TPSA) is 13.1 Å². The van der Waals surface area contributed by atoms with Crippen molar-refractivity contribution in [2.24, 2.45) is 5.92 Å². The second-order valence-corrected chi connectivity index (χ2v) is 4.04. The molecule has 0 saturated carbocycles. The molecule has 0 N–H and O–H groups in total. The fourth-order valence-electron chi connectivity index (χ4n) is 1.28. The number of allylic oxidation sites excluding steroid dienone is 1. The van der Waals surface area contributed by atoms with Gasteiger partial charge in [-0.15, -0.1) is 0 Å². The lowest BCUT2D eigenvalue weighted by Gasteiger charge is -2.03. The van der Waals surface area contributed by atoms with Crippen molar-refractivity contribution >= 4 is 22.6 Å². The number of halogens is 1. The third-order valence-electron chi connectivity index (χ3n) is 2.11. The van der Waals surface area contributed by atoms with Gasteiger partial charge in [-0.25, -0.2) is 0 Å². The zero-order chi connectivity index (χ0) is 9.52. The van der Waals surface area contributed by atoms with Crippen molar-refractivity contribution in [1.82, 2.24) is 0 Å². The number of hydrogen-bond acceptors (Lipinski definition) is 1. The fraction of sp³-hybridized carbons (Fsp3) is 0.455. The van der Waals surface area contributed by atoms with Crippen LogP contribution in [0.3, 0.4) is 0 Å². The summed E-state index contributed by atoms with van der Waals surface area (Å²) in [4.78, 5) is 0. The highest BCUT2D eigenvalue weighted by Gasteiger charge is 1.98. The Bertz CT molecular complexity index is 239. The van der Waals surface area contributed by atoms with Crippen molar-refractivity contribution in [1.29, 1.82) is 0 Å². The summed E-state index contributed by atoms with van der Waals surface area (Å²) >= 11 is 2.27. The number of aryl methyl sites for hydroxylation is 1. The zero-order valence-corrected chi connectivity index (χ0v) is 10.0. The minimum atomic E-state index is 0.698. The fourth-order valence-corrected chi connectivity index (χ4v) is 1.99. The minimum absolute atomic E-state index is 0.698. The van der Waals surface area contributed by atoms with Gasteiger partial charge >= 0.3 is 0 Å². The van der Waals surface area contributed by atoms with E-state index in [9.17, 15) is 0 Å². The molecule has 1 nitrogen and oxygen atoms in total. The van der Waals surface area contributed by atoms with Crippen LogP contribution in [0, 0.1) is 5.92 Å². The van der Waals surface area contributed by atoms with Crippen molar-refractivity contribution in [2.75, 3.05) is 0 Å². The van der Waals surface area contributed by atoms with Crippen molar-refractivity contribution < 1.29 is 4.42 Å². The van der Waals surface area contributed by atoms with Gasteiger partial charge in [0, 0.05) is 0 Å². The standard InChI is InChI=1S/C11H15IO/c1-10(5-7-12)3-2-4-11-6-8-13-9-11/h5-10H,2-4H2,1H3/b7-5+/t10-/m0/s1. The van der Waals surface area contributed by atoms with Crippen molar-refractivity contribution in [3.63, 3.8) is 0 Å². The summed E-state index contributed by atoms with van der Waals surface area (Å²) in [6.07, 6.45) is 9.44. The maximum Gasteiger partial charge on any atom is 0.0934 e. The Labute approximate surface area is 93.4 Å². The first kappa shape index (κ1) is 10.8. The van der Waals surface area contributed by atoms with Crippen LogP contribution in [-0.2, 0) is 6.42 Å². The molecular weight excluding hydrogens is 275 g/mol. The largest absolute Gasteiger partial charge is 0.472 e. The van der Waals surface area contributed by atoms with Gasteiger partial charge in [-0.2, -0.15) is 0 Å². The molecule has 1 rings (SSSR count). The first-order valence-corrected chi connectivity index (χ1v) is 5.85. The highest BCUT2D eigenvalue weighted by atomic mass is 127. The van der Waals surface area contributed by atoms with Gasteiger partial charge in [0.25, 0.3) is 0 Å². The molecule has 0 unspecified atom stereocenters. The van der Waals surface area contributed by atoms with Crippen LogP contribution in [0.1, 0.15) is 25.3 Å². The Kier molecular flexibility index (Phi) is 5.20. The summed E-state index contributed by atoms with van der Waals surface area (Å²) in [5, 5.41) is 0. The molecule has 0 aliphatic heterocycles. The van der Waals surface area contributed by atoms with E-state index in [1.165, 1.54) is 18.4 Å². The Morgan fingerprint density at radius 3 is 3.08 bits per heavy atom. The molecule has 0 fully saturated rings. The Morgan fingerprint density at radius 2 is 2.46 bits per heavy atom. The van der Waals surface area contributed by atoms with Gasteiger partial charge in [-0.05, 0) is 40.9 Å². The summed E-state index contributed by atoms with van der Waals surface area (Å²) in [6, 6.07) is 2.04. The molecule has 2 heteroatoms. The first-order valence-electron chi connectivity index (χ1n) is 4.61. The van der Waals surface area contributed by atoms with Crippen LogP contribution in [0.15, 0.2) is 33.2 Å². The lowest BCUT2D eigenvalue weighted by molar-refractivity contribution is 0.559. The minimum Gasteiger partial charge on any atom is -0.472 e. The monoisotopic (exact) mass is 290 g/mol. The second-order valence-electron chi connectivity index (χ2n) is 3.32. The van der Waals surface area contributed by atoms with E-state index in [-0.39, 0.29) is 0 Å². The van der Waals surface area contributed by atoms with E-state index in [2.05, 4.69) is 39.7 Å². The molecule has 13 heavy (non-hydrogen) atoms. The molecular formula is C11H15IO. The molecule has 0 aliphatic rings. The maximum absolute atomic E-state index is 5.00. The summed E-state index contributed by atoms with van der Waals surface area (Å²) in [7, 11) is 0. The van der Waals surface area contributed by atoms with E-state index in [1.54, 1.807) is 6.26 Å². The Morgan fingerprint density at radius 1 is 1.62 bits per heavy atom. The molecule has 1 aromatic heterocycles. The number of rotatable bonds is 5. The average Bonchev–Trinajstić information content (AvgIpc) is 2.57. The predicted molar refractivity (Wildman–Crippen MR) is 64.0 cm³/mol. The van der Waals surface area contributed by atoms with Crippen molar-refractivity contribution in [3.05, 3.63) is 34.3 Å². The van der Waals surface area contributed by atoms with Gasteiger partial charge in [-0.3, -0.25) is 0 Å². The van der Waals surface area contributed by atoms with Gasteiger partial charge in [0.15, 0.2) is 0 Å². The van der Waals surface area contributed by atoms with Crippen LogP contribution in [0.5, 0.6) is 0 Å². The molecule has 0 bridgehead atoms. The zero-order valence-electron chi connectivity index (χ0n) is 7.87. The van der Waals surface area contributed by atoms with Crippen LogP contribution in [-0.4, -0.2) is 0 Å². The van der Waals surface area contributed by atoms with E-state index >= 15 is 0 Å². The van der Waals surface area contributed by atoms with Crippen LogP contribution in [0.2, 0.25) is 0 Å². The molecule has 0 aliphatic carbocycles. The van der Waals surface area contributed by atoms with E-state index in [0.29, 0.717) is 5.92 Å². The third-order valence-corrected chi connectivity index (χ3v) is 2.52. The third kappa shape index (κ3) is 4.50. The van der Waals surface area contributed by atoms with Crippen LogP contribution < -0.4 is 0 Å². The highest BCUT2D eigenvalue weighted by molar-refractivity contribution is 14.1. The van der Waals surface area contributed by atoms with Gasteiger partial charge in [0.2, 0.25) is 0 Å². The van der Waals surface area contributed by atoms with Gasteiger partial charge in [0.05, 0.1) is 12.5 Å². The summed E-state index contributed by atoms with van der Waals surface area (Å²) in [5.74, 6) is 0.698. The molecule has 0 saturated heterocycles. The maximum atomic E-state index is 5.00. The highest BCUT2D eigenvalue weighted by Crippen LogP contribution is 2.12. The van der Waals surface area contributed by atoms with E-state index in [1.807, 2.05) is 12.3 Å². The van der Waals surface area contributed by atoms with Gasteiger partial charge in [0.1, 0.15) is 0 Å². The molecule has 0 amide bonds. The number of furan rings is 1. The average molecular weight is 290 g/mol. The van der Waals surface area contributed by atoms with Crippen LogP contribution in [0.25, 0.3) is 0 Å². The Balaban J connectivity index is 2.14. The molecule has 1 heterocycles. The first-order chi connectivity index (χ1) is 6.33. The van der Waals surface area contributed by atoms with Crippen molar-refractivity contribution in [2.45, 2.75) is 26.2 Å². The summed E-state index contributed by atoms with van der Waals surface area (Å²) < 4.78 is 7.10. The molecule has 0 spiro atoms. The van der Waals surface area contributed by atoms with Gasteiger partial charge < -0.3 is 4.42 Å². The second kappa shape index (κ2) is 6.24. The smallest absolute Gasteiger partial charge is 0.0934 e. The van der Waals surface area contributed by atoms with Crippen LogP contribution >= 0.6 is 22.6 Å². The lowest BCUT2D eigenvalue weighted by Crippen LogP contribution is -1.91.